The lowest BCUT2D eigenvalue weighted by atomic mass is 10.00. The first-order valence-corrected chi connectivity index (χ1v) is 6.16. The Hall–Kier alpha value is -1.05. The molecule has 0 aromatic heterocycles. The first kappa shape index (κ1) is 11.4. The molecule has 0 saturated carbocycles. The van der Waals surface area contributed by atoms with Gasteiger partial charge in [0.15, 0.2) is 0 Å². The normalized spacial score (nSPS) is 11.5. The second kappa shape index (κ2) is 5.33. The minimum absolute atomic E-state index is 1.02. The van der Waals surface area contributed by atoms with E-state index in [1.807, 2.05) is 54.6 Å². The fourth-order valence-electron chi connectivity index (χ4n) is 1.57. The average Bonchev–Trinajstić information content (AvgIpc) is 2.34. The van der Waals surface area contributed by atoms with Crippen LogP contribution in [0.5, 0.6) is 0 Å². The van der Waals surface area contributed by atoms with Crippen molar-refractivity contribution in [3.63, 3.8) is 0 Å². The molecule has 0 amide bonds. The minimum Gasteiger partial charge on any atom is -0.0923 e. The summed E-state index contributed by atoms with van der Waals surface area (Å²) >= 11 is 9.46. The highest BCUT2D eigenvalue weighted by atomic mass is 79.9. The average molecular weight is 294 g/mol. The van der Waals surface area contributed by atoms with E-state index in [1.54, 1.807) is 5.54 Å². The molecule has 0 bridgehead atoms. The van der Waals surface area contributed by atoms with Crippen LogP contribution in [0, 0.1) is 0 Å². The first-order chi connectivity index (χ1) is 7.83. The van der Waals surface area contributed by atoms with Gasteiger partial charge in [-0.3, -0.25) is 0 Å². The highest BCUT2D eigenvalue weighted by Gasteiger charge is 2.06. The fraction of sp³-hybridized carbons (Fsp3) is 0. The maximum absolute atomic E-state index is 5.93. The molecule has 80 valence electrons. The van der Waals surface area contributed by atoms with Gasteiger partial charge in [0.05, 0.1) is 0 Å². The van der Waals surface area contributed by atoms with Crippen LogP contribution < -0.4 is 0 Å². The summed E-state index contributed by atoms with van der Waals surface area (Å²) in [6.45, 7) is 0. The van der Waals surface area contributed by atoms with Gasteiger partial charge in [0.1, 0.15) is 0 Å². The minimum atomic E-state index is 1.02. The highest BCUT2D eigenvalue weighted by Crippen LogP contribution is 2.29. The van der Waals surface area contributed by atoms with Gasteiger partial charge in [-0.1, -0.05) is 76.1 Å². The maximum atomic E-state index is 5.93. The first-order valence-electron chi connectivity index (χ1n) is 4.93. The van der Waals surface area contributed by atoms with Crippen molar-refractivity contribution in [1.29, 1.82) is 0 Å². The van der Waals surface area contributed by atoms with Crippen LogP contribution in [0.2, 0.25) is 0 Å². The highest BCUT2D eigenvalue weighted by molar-refractivity contribution is 9.10. The number of rotatable bonds is 2. The molecule has 16 heavy (non-hydrogen) atoms. The lowest BCUT2D eigenvalue weighted by Crippen LogP contribution is -1.87. The molecule has 2 heteroatoms. The molecule has 0 aliphatic carbocycles. The Morgan fingerprint density at radius 2 is 1.56 bits per heavy atom. The van der Waals surface area contributed by atoms with E-state index >= 15 is 0 Å². The van der Waals surface area contributed by atoms with Crippen molar-refractivity contribution in [1.82, 2.24) is 0 Å². The van der Waals surface area contributed by atoms with Gasteiger partial charge in [0.2, 0.25) is 0 Å². The molecule has 0 aliphatic rings. The molecule has 2 rings (SSSR count). The molecule has 0 unspecified atom stereocenters. The fourth-order valence-corrected chi connectivity index (χ4v) is 2.32. The molecule has 2 aromatic carbocycles. The zero-order valence-corrected chi connectivity index (χ0v) is 10.9. The monoisotopic (exact) mass is 292 g/mol. The van der Waals surface area contributed by atoms with Crippen LogP contribution in [-0.4, -0.2) is 0 Å². The molecule has 2 aromatic rings. The van der Waals surface area contributed by atoms with Gasteiger partial charge >= 0.3 is 0 Å². The molecule has 0 nitrogen and oxygen atoms in total. The Morgan fingerprint density at radius 1 is 0.938 bits per heavy atom. The van der Waals surface area contributed by atoms with Crippen LogP contribution >= 0.6 is 27.5 Å². The smallest absolute Gasteiger partial charge is 0.0254 e. The molecular weight excluding hydrogens is 284 g/mol. The largest absolute Gasteiger partial charge is 0.0923 e. The van der Waals surface area contributed by atoms with Crippen LogP contribution in [0.3, 0.4) is 0 Å². The topological polar surface area (TPSA) is 0 Å². The summed E-state index contributed by atoms with van der Waals surface area (Å²) in [7, 11) is 0. The number of hydrogen-bond acceptors (Lipinski definition) is 0. The summed E-state index contributed by atoms with van der Waals surface area (Å²) in [5, 5.41) is 0. The van der Waals surface area contributed by atoms with E-state index in [1.165, 1.54) is 0 Å². The quantitative estimate of drug-likeness (QED) is 0.724. The summed E-state index contributed by atoms with van der Waals surface area (Å²) in [6.07, 6.45) is 0. The Labute approximate surface area is 109 Å². The van der Waals surface area contributed by atoms with Crippen LogP contribution in [0.4, 0.5) is 0 Å². The summed E-state index contributed by atoms with van der Waals surface area (Å²) < 4.78 is 1.05. The predicted molar refractivity (Wildman–Crippen MR) is 73.5 cm³/mol. The van der Waals surface area contributed by atoms with Gasteiger partial charge in [-0.15, -0.1) is 0 Å². The van der Waals surface area contributed by atoms with Crippen LogP contribution in [0.1, 0.15) is 11.1 Å². The molecule has 0 spiro atoms. The van der Waals surface area contributed by atoms with Gasteiger partial charge in [-0.2, -0.15) is 0 Å². The van der Waals surface area contributed by atoms with Gasteiger partial charge < -0.3 is 0 Å². The molecule has 0 saturated heterocycles. The Morgan fingerprint density at radius 3 is 2.19 bits per heavy atom. The third-order valence-corrected chi connectivity index (χ3v) is 3.27. The number of benzene rings is 2. The predicted octanol–water partition coefficient (Wildman–Crippen LogP) is 5.08. The van der Waals surface area contributed by atoms with Crippen molar-refractivity contribution in [2.75, 3.05) is 0 Å². The second-order valence-corrected chi connectivity index (χ2v) is 4.44. The van der Waals surface area contributed by atoms with Crippen LogP contribution in [-0.2, 0) is 0 Å². The van der Waals surface area contributed by atoms with Crippen molar-refractivity contribution in [2.45, 2.75) is 0 Å². The molecule has 0 fully saturated rings. The van der Waals surface area contributed by atoms with Gasteiger partial charge in [0, 0.05) is 15.6 Å². The maximum Gasteiger partial charge on any atom is 0.0254 e. The Balaban J connectivity index is 2.51. The van der Waals surface area contributed by atoms with Crippen molar-refractivity contribution in [3.8, 4) is 0 Å². The van der Waals surface area contributed by atoms with E-state index in [-0.39, 0.29) is 0 Å². The van der Waals surface area contributed by atoms with E-state index < -0.39 is 0 Å². The number of halogens is 2. The molecular formula is C14H10BrCl. The molecule has 0 aliphatic heterocycles. The summed E-state index contributed by atoms with van der Waals surface area (Å²) in [5.74, 6) is 0. The van der Waals surface area contributed by atoms with Crippen molar-refractivity contribution < 1.29 is 0 Å². The zero-order chi connectivity index (χ0) is 11.4. The van der Waals surface area contributed by atoms with Crippen LogP contribution in [0.15, 0.2) is 64.6 Å². The van der Waals surface area contributed by atoms with Gasteiger partial charge in [-0.25, -0.2) is 0 Å². The SMILES string of the molecule is ClC=C(c1ccccc1)c1ccccc1Br. The lowest BCUT2D eigenvalue weighted by molar-refractivity contribution is 1.52. The van der Waals surface area contributed by atoms with E-state index in [2.05, 4.69) is 15.9 Å². The van der Waals surface area contributed by atoms with Crippen molar-refractivity contribution in [2.24, 2.45) is 0 Å². The lowest BCUT2D eigenvalue weighted by Gasteiger charge is -2.08. The third-order valence-electron chi connectivity index (χ3n) is 2.36. The standard InChI is InChI=1S/C14H10BrCl/c15-14-9-5-4-8-12(14)13(10-16)11-6-2-1-3-7-11/h1-10H. The van der Waals surface area contributed by atoms with E-state index in [0.717, 1.165) is 21.2 Å². The molecule has 0 N–H and O–H groups in total. The van der Waals surface area contributed by atoms with Crippen LogP contribution in [0.25, 0.3) is 5.57 Å². The Bertz CT molecular complexity index is 503. The van der Waals surface area contributed by atoms with Crippen molar-refractivity contribution in [3.05, 3.63) is 75.7 Å². The second-order valence-electron chi connectivity index (χ2n) is 3.37. The van der Waals surface area contributed by atoms with Crippen molar-refractivity contribution >= 4 is 33.1 Å². The Kier molecular flexibility index (Phi) is 3.81. The summed E-state index contributed by atoms with van der Waals surface area (Å²) in [5.41, 5.74) is 4.86. The third kappa shape index (κ3) is 2.37. The van der Waals surface area contributed by atoms with Gasteiger partial charge in [-0.05, 0) is 17.2 Å². The molecule has 0 radical (unpaired) electrons. The number of hydrogen-bond donors (Lipinski definition) is 0. The summed E-state index contributed by atoms with van der Waals surface area (Å²) in [4.78, 5) is 0. The molecule has 0 heterocycles. The molecule has 0 atom stereocenters. The van der Waals surface area contributed by atoms with E-state index in [0.29, 0.717) is 0 Å². The zero-order valence-electron chi connectivity index (χ0n) is 8.53. The summed E-state index contributed by atoms with van der Waals surface area (Å²) in [6, 6.07) is 18.2. The van der Waals surface area contributed by atoms with E-state index in [9.17, 15) is 0 Å². The van der Waals surface area contributed by atoms with E-state index in [4.69, 9.17) is 11.6 Å². The van der Waals surface area contributed by atoms with Gasteiger partial charge in [0.25, 0.3) is 0 Å².